The highest BCUT2D eigenvalue weighted by Crippen LogP contribution is 2.41. The highest BCUT2D eigenvalue weighted by atomic mass is 19.1. The van der Waals surface area contributed by atoms with E-state index in [0.717, 1.165) is 22.4 Å². The fraction of sp³-hybridized carbons (Fsp3) is 0.263. The van der Waals surface area contributed by atoms with Crippen LogP contribution in [0.2, 0.25) is 0 Å². The number of nitrogens with zero attached hydrogens (tertiary/aromatic N) is 1. The molecule has 1 aliphatic heterocycles. The van der Waals surface area contributed by atoms with E-state index in [1.807, 2.05) is 24.3 Å². The Kier molecular flexibility index (Phi) is 3.67. The molecular formula is C19H17FN2O3. The Balaban J connectivity index is 1.49. The van der Waals surface area contributed by atoms with Gasteiger partial charge in [-0.3, -0.25) is 9.69 Å². The number of rotatable bonds is 4. The molecule has 1 aliphatic carbocycles. The highest BCUT2D eigenvalue weighted by molar-refractivity contribution is 6.08. The molecule has 1 spiro atoms. The van der Waals surface area contributed by atoms with E-state index >= 15 is 0 Å². The van der Waals surface area contributed by atoms with Crippen molar-refractivity contribution in [1.82, 2.24) is 10.2 Å². The van der Waals surface area contributed by atoms with Crippen molar-refractivity contribution in [2.45, 2.75) is 18.4 Å². The Morgan fingerprint density at radius 2 is 1.88 bits per heavy atom. The van der Waals surface area contributed by atoms with E-state index in [0.29, 0.717) is 6.42 Å². The van der Waals surface area contributed by atoms with Crippen LogP contribution < -0.4 is 10.1 Å². The molecule has 0 unspecified atom stereocenters. The van der Waals surface area contributed by atoms with Crippen LogP contribution in [-0.2, 0) is 16.8 Å². The third kappa shape index (κ3) is 2.45. The number of halogens is 1. The van der Waals surface area contributed by atoms with Crippen LogP contribution in [0.5, 0.6) is 5.75 Å². The first-order valence-electron chi connectivity index (χ1n) is 8.22. The van der Waals surface area contributed by atoms with Crippen molar-refractivity contribution >= 4 is 11.9 Å². The van der Waals surface area contributed by atoms with Gasteiger partial charge in [-0.15, -0.1) is 0 Å². The highest BCUT2D eigenvalue weighted by Gasteiger charge is 2.54. The maximum atomic E-state index is 13.6. The lowest BCUT2D eigenvalue weighted by molar-refractivity contribution is -0.131. The smallest absolute Gasteiger partial charge is 0.325 e. The fourth-order valence-electron chi connectivity index (χ4n) is 3.60. The number of carbonyl (C=O) groups excluding carboxylic acids is 2. The average molecular weight is 340 g/mol. The Labute approximate surface area is 144 Å². The first kappa shape index (κ1) is 15.6. The summed E-state index contributed by atoms with van der Waals surface area (Å²) in [4.78, 5) is 26.4. The predicted octanol–water partition coefficient (Wildman–Crippen LogP) is 2.60. The summed E-state index contributed by atoms with van der Waals surface area (Å²) in [5.74, 6) is -0.629. The SMILES string of the molecule is O=C1N[C@@]2(CCc3ccccc32)C(=O)N1CCOc1ccccc1F. The first-order chi connectivity index (χ1) is 12.1. The van der Waals surface area contributed by atoms with Crippen molar-refractivity contribution in [3.8, 4) is 5.75 Å². The molecule has 0 bridgehead atoms. The Morgan fingerprint density at radius 3 is 2.72 bits per heavy atom. The second kappa shape index (κ2) is 5.88. The van der Waals surface area contributed by atoms with Gasteiger partial charge in [0, 0.05) is 0 Å². The van der Waals surface area contributed by atoms with Gasteiger partial charge in [0.05, 0.1) is 6.54 Å². The van der Waals surface area contributed by atoms with Gasteiger partial charge >= 0.3 is 6.03 Å². The van der Waals surface area contributed by atoms with Crippen LogP contribution in [-0.4, -0.2) is 30.0 Å². The second-order valence-electron chi connectivity index (χ2n) is 6.23. The number of ether oxygens (including phenoxy) is 1. The van der Waals surface area contributed by atoms with Crippen molar-refractivity contribution in [2.24, 2.45) is 0 Å². The van der Waals surface area contributed by atoms with Gasteiger partial charge in [0.2, 0.25) is 0 Å². The standard InChI is InChI=1S/C19H17FN2O3/c20-15-7-3-4-8-16(15)25-12-11-22-17(23)19(21-18(22)24)10-9-13-5-1-2-6-14(13)19/h1-8H,9-12H2,(H,21,24)/t19-/m1/s1. The molecule has 1 fully saturated rings. The number of hydrogen-bond acceptors (Lipinski definition) is 3. The molecule has 1 atom stereocenters. The topological polar surface area (TPSA) is 58.6 Å². The third-order valence-corrected chi connectivity index (χ3v) is 4.83. The number of para-hydroxylation sites is 1. The molecule has 25 heavy (non-hydrogen) atoms. The van der Waals surface area contributed by atoms with E-state index in [2.05, 4.69) is 5.32 Å². The van der Waals surface area contributed by atoms with Crippen LogP contribution in [0, 0.1) is 5.82 Å². The number of aryl methyl sites for hydroxylation is 1. The summed E-state index contributed by atoms with van der Waals surface area (Å²) in [6.07, 6.45) is 1.31. The lowest BCUT2D eigenvalue weighted by Crippen LogP contribution is -2.42. The monoisotopic (exact) mass is 340 g/mol. The number of hydrogen-bond donors (Lipinski definition) is 1. The largest absolute Gasteiger partial charge is 0.489 e. The number of benzene rings is 2. The van der Waals surface area contributed by atoms with Gasteiger partial charge in [-0.2, -0.15) is 0 Å². The lowest BCUT2D eigenvalue weighted by Gasteiger charge is -2.22. The van der Waals surface area contributed by atoms with Crippen molar-refractivity contribution in [3.63, 3.8) is 0 Å². The summed E-state index contributed by atoms with van der Waals surface area (Å²) in [5.41, 5.74) is 0.984. The number of urea groups is 1. The van der Waals surface area contributed by atoms with E-state index in [-0.39, 0.29) is 24.8 Å². The van der Waals surface area contributed by atoms with E-state index in [9.17, 15) is 14.0 Å². The summed E-state index contributed by atoms with van der Waals surface area (Å²) in [7, 11) is 0. The molecule has 128 valence electrons. The summed E-state index contributed by atoms with van der Waals surface area (Å²) in [6.45, 7) is 0.112. The predicted molar refractivity (Wildman–Crippen MR) is 88.6 cm³/mol. The molecule has 3 amide bonds. The van der Waals surface area contributed by atoms with Gasteiger partial charge in [0.1, 0.15) is 12.1 Å². The Morgan fingerprint density at radius 1 is 1.12 bits per heavy atom. The zero-order chi connectivity index (χ0) is 17.4. The van der Waals surface area contributed by atoms with Crippen LogP contribution >= 0.6 is 0 Å². The number of imide groups is 1. The quantitative estimate of drug-likeness (QED) is 0.871. The van der Waals surface area contributed by atoms with Crippen LogP contribution in [0.15, 0.2) is 48.5 Å². The molecule has 2 aromatic carbocycles. The second-order valence-corrected chi connectivity index (χ2v) is 6.23. The van der Waals surface area contributed by atoms with Gasteiger partial charge in [-0.25, -0.2) is 9.18 Å². The third-order valence-electron chi connectivity index (χ3n) is 4.83. The number of nitrogens with one attached hydrogen (secondary N) is 1. The van der Waals surface area contributed by atoms with Crippen molar-refractivity contribution < 1.29 is 18.7 Å². The van der Waals surface area contributed by atoms with Crippen molar-refractivity contribution in [3.05, 3.63) is 65.5 Å². The number of carbonyl (C=O) groups is 2. The summed E-state index contributed by atoms with van der Waals surface area (Å²) in [5, 5.41) is 2.85. The molecule has 4 rings (SSSR count). The molecule has 0 aromatic heterocycles. The lowest BCUT2D eigenvalue weighted by atomic mass is 9.92. The summed E-state index contributed by atoms with van der Waals surface area (Å²) >= 11 is 0. The molecule has 5 nitrogen and oxygen atoms in total. The molecule has 0 radical (unpaired) electrons. The number of amides is 3. The van der Waals surface area contributed by atoms with E-state index in [4.69, 9.17) is 4.74 Å². The van der Waals surface area contributed by atoms with Gasteiger partial charge < -0.3 is 10.1 Å². The maximum Gasteiger partial charge on any atom is 0.325 e. The molecule has 6 heteroatoms. The minimum atomic E-state index is -0.967. The molecule has 1 saturated heterocycles. The van der Waals surface area contributed by atoms with Crippen LogP contribution in [0.1, 0.15) is 17.5 Å². The maximum absolute atomic E-state index is 13.6. The molecule has 1 heterocycles. The molecular weight excluding hydrogens is 323 g/mol. The molecule has 1 N–H and O–H groups in total. The normalized spacial score (nSPS) is 21.6. The number of fused-ring (bicyclic) bond motifs is 2. The summed E-state index contributed by atoms with van der Waals surface area (Å²) in [6, 6.07) is 13.3. The van der Waals surface area contributed by atoms with Crippen LogP contribution in [0.3, 0.4) is 0 Å². The van der Waals surface area contributed by atoms with E-state index in [1.165, 1.54) is 12.1 Å². The van der Waals surface area contributed by atoms with Gasteiger partial charge in [0.25, 0.3) is 5.91 Å². The Bertz CT molecular complexity index is 854. The first-order valence-corrected chi connectivity index (χ1v) is 8.22. The Hall–Kier alpha value is -2.89. The fourth-order valence-corrected chi connectivity index (χ4v) is 3.60. The summed E-state index contributed by atoms with van der Waals surface area (Å²) < 4.78 is 18.9. The molecule has 0 saturated carbocycles. The minimum absolute atomic E-state index is 0.0395. The average Bonchev–Trinajstić information content (AvgIpc) is 3.10. The van der Waals surface area contributed by atoms with E-state index in [1.54, 1.807) is 12.1 Å². The minimum Gasteiger partial charge on any atom is -0.489 e. The zero-order valence-electron chi connectivity index (χ0n) is 13.5. The molecule has 2 aromatic rings. The van der Waals surface area contributed by atoms with Crippen LogP contribution in [0.25, 0.3) is 0 Å². The molecule has 2 aliphatic rings. The van der Waals surface area contributed by atoms with Crippen LogP contribution in [0.4, 0.5) is 9.18 Å². The van der Waals surface area contributed by atoms with Gasteiger partial charge in [-0.05, 0) is 36.1 Å². The van der Waals surface area contributed by atoms with E-state index < -0.39 is 17.4 Å². The van der Waals surface area contributed by atoms with Gasteiger partial charge in [0.15, 0.2) is 11.6 Å². The van der Waals surface area contributed by atoms with Crippen molar-refractivity contribution in [2.75, 3.05) is 13.2 Å². The zero-order valence-corrected chi connectivity index (χ0v) is 13.5. The van der Waals surface area contributed by atoms with Crippen molar-refractivity contribution in [1.29, 1.82) is 0 Å². The van der Waals surface area contributed by atoms with Gasteiger partial charge in [-0.1, -0.05) is 36.4 Å².